The molecule has 0 aliphatic heterocycles. The molecule has 1 atom stereocenters. The summed E-state index contributed by atoms with van der Waals surface area (Å²) in [5.74, 6) is -0.239. The molecule has 1 rings (SSSR count). The lowest BCUT2D eigenvalue weighted by Crippen LogP contribution is -2.49. The van der Waals surface area contributed by atoms with Gasteiger partial charge < -0.3 is 5.11 Å². The van der Waals surface area contributed by atoms with Crippen LogP contribution in [0.2, 0.25) is 0 Å². The number of nitrogens with one attached hydrogen (secondary N) is 1. The Morgan fingerprint density at radius 1 is 1.50 bits per heavy atom. The molecule has 0 saturated carbocycles. The predicted molar refractivity (Wildman–Crippen MR) is 59.8 cm³/mol. The van der Waals surface area contributed by atoms with E-state index in [1.165, 1.54) is 0 Å². The van der Waals surface area contributed by atoms with Crippen LogP contribution in [0.5, 0.6) is 0 Å². The quantitative estimate of drug-likeness (QED) is 0.758. The van der Waals surface area contributed by atoms with Crippen molar-refractivity contribution in [2.24, 2.45) is 0 Å². The summed E-state index contributed by atoms with van der Waals surface area (Å²) in [6.45, 7) is 4.01. The molecule has 0 bridgehead atoms. The fraction of sp³-hybridized carbons (Fsp3) is 0.545. The second-order valence-corrected chi connectivity index (χ2v) is 3.91. The average molecular weight is 223 g/mol. The Balaban J connectivity index is 2.60. The van der Waals surface area contributed by atoms with Gasteiger partial charge in [-0.25, -0.2) is 9.97 Å². The Labute approximate surface area is 94.9 Å². The molecular formula is C11H17N3O2. The summed E-state index contributed by atoms with van der Waals surface area (Å²) < 4.78 is 0. The lowest BCUT2D eigenvalue weighted by Gasteiger charge is -2.25. The minimum Gasteiger partial charge on any atom is -0.480 e. The molecule has 0 aliphatic rings. The van der Waals surface area contributed by atoms with E-state index in [1.807, 2.05) is 6.92 Å². The van der Waals surface area contributed by atoms with E-state index in [1.54, 1.807) is 25.4 Å². The summed E-state index contributed by atoms with van der Waals surface area (Å²) in [6, 6.07) is 1.73. The molecule has 0 aromatic carbocycles. The molecule has 5 nitrogen and oxygen atoms in total. The Morgan fingerprint density at radius 2 is 2.12 bits per heavy atom. The van der Waals surface area contributed by atoms with Crippen molar-refractivity contribution in [3.63, 3.8) is 0 Å². The molecule has 0 aliphatic carbocycles. The van der Waals surface area contributed by atoms with Gasteiger partial charge in [-0.05, 0) is 19.4 Å². The minimum atomic E-state index is -0.909. The molecule has 0 radical (unpaired) electrons. The summed E-state index contributed by atoms with van der Waals surface area (Å²) in [7, 11) is 0. The van der Waals surface area contributed by atoms with Crippen LogP contribution in [0.1, 0.15) is 32.5 Å². The largest absolute Gasteiger partial charge is 0.480 e. The number of carboxylic acids is 1. The van der Waals surface area contributed by atoms with E-state index in [4.69, 9.17) is 5.11 Å². The third-order valence-electron chi connectivity index (χ3n) is 2.48. The van der Waals surface area contributed by atoms with Gasteiger partial charge in [-0.3, -0.25) is 10.1 Å². The number of aromatic nitrogens is 2. The van der Waals surface area contributed by atoms with Gasteiger partial charge in [-0.2, -0.15) is 0 Å². The van der Waals surface area contributed by atoms with Crippen molar-refractivity contribution in [1.82, 2.24) is 15.3 Å². The van der Waals surface area contributed by atoms with Crippen LogP contribution in [0, 0.1) is 0 Å². The van der Waals surface area contributed by atoms with Crippen molar-refractivity contribution in [3.05, 3.63) is 24.3 Å². The van der Waals surface area contributed by atoms with Gasteiger partial charge in [0.25, 0.3) is 0 Å². The lowest BCUT2D eigenvalue weighted by molar-refractivity contribution is -0.144. The molecule has 2 N–H and O–H groups in total. The van der Waals surface area contributed by atoms with Gasteiger partial charge in [0, 0.05) is 12.4 Å². The number of aliphatic carboxylic acids is 1. The Morgan fingerprint density at radius 3 is 2.62 bits per heavy atom. The molecule has 1 aromatic rings. The van der Waals surface area contributed by atoms with Crippen LogP contribution in [0.25, 0.3) is 0 Å². The Hall–Kier alpha value is -1.49. The first-order valence-corrected chi connectivity index (χ1v) is 5.33. The third kappa shape index (κ3) is 3.27. The van der Waals surface area contributed by atoms with Gasteiger partial charge in [0.2, 0.25) is 0 Å². The van der Waals surface area contributed by atoms with Gasteiger partial charge in [-0.1, -0.05) is 13.3 Å². The maximum Gasteiger partial charge on any atom is 0.323 e. The van der Waals surface area contributed by atoms with E-state index >= 15 is 0 Å². The maximum absolute atomic E-state index is 11.1. The molecule has 0 fully saturated rings. The van der Waals surface area contributed by atoms with Crippen LogP contribution in [0.15, 0.2) is 18.5 Å². The summed E-state index contributed by atoms with van der Waals surface area (Å²) in [5.41, 5.74) is -0.909. The van der Waals surface area contributed by atoms with Crippen molar-refractivity contribution < 1.29 is 9.90 Å². The molecule has 1 aromatic heterocycles. The zero-order chi connectivity index (χ0) is 12.0. The molecule has 0 amide bonds. The fourth-order valence-corrected chi connectivity index (χ4v) is 1.47. The highest BCUT2D eigenvalue weighted by atomic mass is 16.4. The van der Waals surface area contributed by atoms with Crippen LogP contribution >= 0.6 is 0 Å². The first-order valence-electron chi connectivity index (χ1n) is 5.33. The Kier molecular flexibility index (Phi) is 4.37. The van der Waals surface area contributed by atoms with E-state index in [0.717, 1.165) is 6.42 Å². The number of hydrogen-bond acceptors (Lipinski definition) is 4. The average Bonchev–Trinajstić information content (AvgIpc) is 2.28. The number of carboxylic acid groups (broad SMARTS) is 1. The van der Waals surface area contributed by atoms with E-state index in [0.29, 0.717) is 18.8 Å². The number of nitrogens with zero attached hydrogens (tertiary/aromatic N) is 2. The summed E-state index contributed by atoms with van der Waals surface area (Å²) in [4.78, 5) is 19.2. The van der Waals surface area contributed by atoms with Gasteiger partial charge >= 0.3 is 5.97 Å². The number of hydrogen-bond donors (Lipinski definition) is 2. The second-order valence-electron chi connectivity index (χ2n) is 3.91. The van der Waals surface area contributed by atoms with Crippen molar-refractivity contribution in [3.8, 4) is 0 Å². The molecule has 5 heteroatoms. The first-order chi connectivity index (χ1) is 7.58. The van der Waals surface area contributed by atoms with Crippen molar-refractivity contribution in [1.29, 1.82) is 0 Å². The van der Waals surface area contributed by atoms with E-state index in [2.05, 4.69) is 15.3 Å². The zero-order valence-electron chi connectivity index (χ0n) is 9.60. The molecule has 16 heavy (non-hydrogen) atoms. The Bertz CT molecular complexity index is 342. The molecule has 1 unspecified atom stereocenters. The molecular weight excluding hydrogens is 206 g/mol. The third-order valence-corrected chi connectivity index (χ3v) is 2.48. The first kappa shape index (κ1) is 12.6. The highest BCUT2D eigenvalue weighted by molar-refractivity contribution is 5.78. The van der Waals surface area contributed by atoms with E-state index in [9.17, 15) is 4.79 Å². The minimum absolute atomic E-state index is 0.365. The molecule has 1 heterocycles. The predicted octanol–water partition coefficient (Wildman–Crippen LogP) is 1.21. The summed E-state index contributed by atoms with van der Waals surface area (Å²) >= 11 is 0. The van der Waals surface area contributed by atoms with Crippen molar-refractivity contribution in [2.75, 3.05) is 0 Å². The lowest BCUT2D eigenvalue weighted by atomic mass is 9.96. The molecule has 0 saturated heterocycles. The van der Waals surface area contributed by atoms with Gasteiger partial charge in [0.1, 0.15) is 11.4 Å². The van der Waals surface area contributed by atoms with Crippen molar-refractivity contribution in [2.45, 2.75) is 38.8 Å². The highest BCUT2D eigenvalue weighted by Crippen LogP contribution is 2.12. The summed E-state index contributed by atoms with van der Waals surface area (Å²) in [5, 5.41) is 12.1. The van der Waals surface area contributed by atoms with Crippen LogP contribution in [0.3, 0.4) is 0 Å². The van der Waals surface area contributed by atoms with Crippen LogP contribution in [0.4, 0.5) is 0 Å². The van der Waals surface area contributed by atoms with E-state index < -0.39 is 11.5 Å². The zero-order valence-corrected chi connectivity index (χ0v) is 9.60. The highest BCUT2D eigenvalue weighted by Gasteiger charge is 2.31. The van der Waals surface area contributed by atoms with Crippen LogP contribution in [-0.2, 0) is 11.3 Å². The monoisotopic (exact) mass is 223 g/mol. The van der Waals surface area contributed by atoms with Crippen LogP contribution < -0.4 is 5.32 Å². The maximum atomic E-state index is 11.1. The second kappa shape index (κ2) is 5.55. The normalized spacial score (nSPS) is 14.4. The fourth-order valence-electron chi connectivity index (χ4n) is 1.47. The van der Waals surface area contributed by atoms with Gasteiger partial charge in [0.15, 0.2) is 0 Å². The standard InChI is InChI=1S/C11H17N3O2/c1-3-5-11(2,10(15)16)14-8-9-12-6-4-7-13-9/h4,6-7,14H,3,5,8H2,1-2H3,(H,15,16). The summed E-state index contributed by atoms with van der Waals surface area (Å²) in [6.07, 6.45) is 4.67. The SMILES string of the molecule is CCCC(C)(NCc1ncccn1)C(=O)O. The molecule has 88 valence electrons. The topological polar surface area (TPSA) is 75.1 Å². The van der Waals surface area contributed by atoms with Crippen LogP contribution in [-0.4, -0.2) is 26.6 Å². The van der Waals surface area contributed by atoms with Gasteiger partial charge in [-0.15, -0.1) is 0 Å². The number of rotatable bonds is 6. The smallest absolute Gasteiger partial charge is 0.323 e. The van der Waals surface area contributed by atoms with Gasteiger partial charge in [0.05, 0.1) is 6.54 Å². The van der Waals surface area contributed by atoms with E-state index in [-0.39, 0.29) is 0 Å². The molecule has 0 spiro atoms. The number of carbonyl (C=O) groups is 1. The van der Waals surface area contributed by atoms with Crippen molar-refractivity contribution >= 4 is 5.97 Å².